The lowest BCUT2D eigenvalue weighted by atomic mass is 10.2. The first-order chi connectivity index (χ1) is 13.9. The molecule has 1 aliphatic rings. The van der Waals surface area contributed by atoms with E-state index >= 15 is 0 Å². The number of carbonyl (C=O) groups excluding carboxylic acids is 1. The molecule has 0 spiro atoms. The van der Waals surface area contributed by atoms with E-state index in [1.807, 2.05) is 0 Å². The summed E-state index contributed by atoms with van der Waals surface area (Å²) < 4.78 is 37.8. The molecule has 0 bridgehead atoms. The number of sulfonamides is 1. The minimum atomic E-state index is -3.66. The van der Waals surface area contributed by atoms with Gasteiger partial charge in [-0.1, -0.05) is 23.7 Å². The summed E-state index contributed by atoms with van der Waals surface area (Å²) in [6, 6.07) is 13.1. The van der Waals surface area contributed by atoms with Gasteiger partial charge in [0.1, 0.15) is 12.4 Å². The zero-order valence-electron chi connectivity index (χ0n) is 16.1. The standard InChI is InChI=1S/C20H23ClN2O5S/c1-22(8-13-28-18-6-3-5-17(21)15-18)20(24)16-4-2-7-19(14-16)29(25,26)23-9-11-27-12-10-23/h2-7,14-15H,8-13H2,1H3. The minimum absolute atomic E-state index is 0.105. The highest BCUT2D eigenvalue weighted by molar-refractivity contribution is 7.89. The van der Waals surface area contributed by atoms with Crippen LogP contribution in [0.2, 0.25) is 5.02 Å². The Hall–Kier alpha value is -2.13. The Morgan fingerprint density at radius 2 is 1.90 bits per heavy atom. The molecule has 1 saturated heterocycles. The van der Waals surface area contributed by atoms with Crippen molar-refractivity contribution >= 4 is 27.5 Å². The van der Waals surface area contributed by atoms with Crippen molar-refractivity contribution in [2.75, 3.05) is 46.5 Å². The Balaban J connectivity index is 1.63. The summed E-state index contributed by atoms with van der Waals surface area (Å²) in [6.45, 7) is 1.98. The van der Waals surface area contributed by atoms with Crippen LogP contribution in [0.4, 0.5) is 0 Å². The van der Waals surface area contributed by atoms with Gasteiger partial charge in [-0.15, -0.1) is 0 Å². The molecule has 0 aromatic heterocycles. The van der Waals surface area contributed by atoms with Gasteiger partial charge >= 0.3 is 0 Å². The van der Waals surface area contributed by atoms with Crippen molar-refractivity contribution in [3.05, 3.63) is 59.1 Å². The van der Waals surface area contributed by atoms with E-state index in [2.05, 4.69) is 0 Å². The molecule has 3 rings (SSSR count). The zero-order chi connectivity index (χ0) is 20.9. The third-order valence-corrected chi connectivity index (χ3v) is 6.66. The van der Waals surface area contributed by atoms with Crippen LogP contribution in [0.5, 0.6) is 5.75 Å². The van der Waals surface area contributed by atoms with Crippen LogP contribution in [-0.2, 0) is 14.8 Å². The van der Waals surface area contributed by atoms with E-state index in [0.29, 0.717) is 49.2 Å². The van der Waals surface area contributed by atoms with Crippen LogP contribution in [0.3, 0.4) is 0 Å². The van der Waals surface area contributed by atoms with Gasteiger partial charge in [-0.2, -0.15) is 4.31 Å². The highest BCUT2D eigenvalue weighted by atomic mass is 35.5. The summed E-state index contributed by atoms with van der Waals surface area (Å²) in [5.41, 5.74) is 0.310. The normalized spacial score (nSPS) is 15.1. The molecule has 0 saturated carbocycles. The number of ether oxygens (including phenoxy) is 2. The van der Waals surface area contributed by atoms with Crippen molar-refractivity contribution in [2.45, 2.75) is 4.90 Å². The highest BCUT2D eigenvalue weighted by Crippen LogP contribution is 2.19. The van der Waals surface area contributed by atoms with Gasteiger partial charge in [-0.05, 0) is 36.4 Å². The van der Waals surface area contributed by atoms with Gasteiger partial charge in [-0.3, -0.25) is 4.79 Å². The van der Waals surface area contributed by atoms with E-state index in [-0.39, 0.29) is 17.4 Å². The molecule has 0 unspecified atom stereocenters. The van der Waals surface area contributed by atoms with Gasteiger partial charge in [0.05, 0.1) is 24.7 Å². The number of nitrogens with zero attached hydrogens (tertiary/aromatic N) is 2. The number of morpholine rings is 1. The molecular formula is C20H23ClN2O5S. The first kappa shape index (κ1) is 21.6. The van der Waals surface area contributed by atoms with E-state index in [1.54, 1.807) is 43.4 Å². The van der Waals surface area contributed by atoms with Crippen LogP contribution in [0.15, 0.2) is 53.4 Å². The lowest BCUT2D eigenvalue weighted by Gasteiger charge is -2.26. The highest BCUT2D eigenvalue weighted by Gasteiger charge is 2.27. The third kappa shape index (κ3) is 5.48. The molecule has 156 valence electrons. The van der Waals surface area contributed by atoms with Gasteiger partial charge < -0.3 is 14.4 Å². The van der Waals surface area contributed by atoms with Crippen LogP contribution in [0.25, 0.3) is 0 Å². The minimum Gasteiger partial charge on any atom is -0.492 e. The fraction of sp³-hybridized carbons (Fsp3) is 0.350. The average Bonchev–Trinajstić information content (AvgIpc) is 2.74. The first-order valence-electron chi connectivity index (χ1n) is 9.20. The molecule has 1 aliphatic heterocycles. The van der Waals surface area contributed by atoms with E-state index < -0.39 is 10.0 Å². The van der Waals surface area contributed by atoms with E-state index in [9.17, 15) is 13.2 Å². The fourth-order valence-electron chi connectivity index (χ4n) is 2.90. The maximum atomic E-state index is 12.8. The number of benzene rings is 2. The summed E-state index contributed by atoms with van der Waals surface area (Å²) in [5, 5.41) is 0.574. The van der Waals surface area contributed by atoms with Crippen molar-refractivity contribution in [3.8, 4) is 5.75 Å². The Morgan fingerprint density at radius 1 is 1.17 bits per heavy atom. The maximum absolute atomic E-state index is 12.8. The van der Waals surface area contributed by atoms with Crippen LogP contribution in [0.1, 0.15) is 10.4 Å². The molecule has 0 atom stereocenters. The van der Waals surface area contributed by atoms with Crippen molar-refractivity contribution in [1.82, 2.24) is 9.21 Å². The van der Waals surface area contributed by atoms with E-state index in [4.69, 9.17) is 21.1 Å². The SMILES string of the molecule is CN(CCOc1cccc(Cl)c1)C(=O)c1cccc(S(=O)(=O)N2CCOCC2)c1. The predicted molar refractivity (Wildman–Crippen MR) is 110 cm³/mol. The Kier molecular flexibility index (Phi) is 7.13. The number of carbonyl (C=O) groups is 1. The van der Waals surface area contributed by atoms with Gasteiger partial charge in [0.2, 0.25) is 10.0 Å². The molecule has 1 fully saturated rings. The van der Waals surface area contributed by atoms with Crippen molar-refractivity contribution in [1.29, 1.82) is 0 Å². The van der Waals surface area contributed by atoms with Gasteiger partial charge in [0.25, 0.3) is 5.91 Å². The smallest absolute Gasteiger partial charge is 0.253 e. The summed E-state index contributed by atoms with van der Waals surface area (Å²) in [7, 11) is -2.01. The molecular weight excluding hydrogens is 416 g/mol. The molecule has 2 aromatic carbocycles. The van der Waals surface area contributed by atoms with E-state index in [0.717, 1.165) is 0 Å². The Labute approximate surface area is 175 Å². The number of rotatable bonds is 7. The average molecular weight is 439 g/mol. The Bertz CT molecular complexity index is 961. The van der Waals surface area contributed by atoms with E-state index in [1.165, 1.54) is 21.3 Å². The topological polar surface area (TPSA) is 76.2 Å². The van der Waals surface area contributed by atoms with Crippen LogP contribution >= 0.6 is 11.6 Å². The fourth-order valence-corrected chi connectivity index (χ4v) is 4.54. The molecule has 0 radical (unpaired) electrons. The molecule has 1 heterocycles. The van der Waals surface area contributed by atoms with Crippen molar-refractivity contribution in [3.63, 3.8) is 0 Å². The molecule has 29 heavy (non-hydrogen) atoms. The summed E-state index contributed by atoms with van der Waals surface area (Å²) in [6.07, 6.45) is 0. The van der Waals surface area contributed by atoms with Crippen LogP contribution in [0, 0.1) is 0 Å². The van der Waals surface area contributed by atoms with Gasteiger partial charge in [-0.25, -0.2) is 8.42 Å². The quantitative estimate of drug-likeness (QED) is 0.664. The number of hydrogen-bond donors (Lipinski definition) is 0. The number of amides is 1. The second-order valence-corrected chi connectivity index (χ2v) is 8.95. The molecule has 9 heteroatoms. The second-order valence-electron chi connectivity index (χ2n) is 6.58. The lowest BCUT2D eigenvalue weighted by molar-refractivity contribution is 0.0730. The van der Waals surface area contributed by atoms with Gasteiger partial charge in [0, 0.05) is 30.7 Å². The first-order valence-corrected chi connectivity index (χ1v) is 11.0. The molecule has 2 aromatic rings. The molecule has 1 amide bonds. The molecule has 0 N–H and O–H groups in total. The van der Waals surface area contributed by atoms with Gasteiger partial charge in [0.15, 0.2) is 0 Å². The molecule has 7 nitrogen and oxygen atoms in total. The predicted octanol–water partition coefficient (Wildman–Crippen LogP) is 2.51. The summed E-state index contributed by atoms with van der Waals surface area (Å²) >= 11 is 5.92. The number of hydrogen-bond acceptors (Lipinski definition) is 5. The largest absolute Gasteiger partial charge is 0.492 e. The zero-order valence-corrected chi connectivity index (χ0v) is 17.7. The number of halogens is 1. The number of likely N-dealkylation sites (N-methyl/N-ethyl adjacent to an activating group) is 1. The van der Waals surface area contributed by atoms with Crippen molar-refractivity contribution in [2.24, 2.45) is 0 Å². The summed E-state index contributed by atoms with van der Waals surface area (Å²) in [5.74, 6) is 0.343. The molecule has 0 aliphatic carbocycles. The monoisotopic (exact) mass is 438 g/mol. The third-order valence-electron chi connectivity index (χ3n) is 4.53. The summed E-state index contributed by atoms with van der Waals surface area (Å²) in [4.78, 5) is 14.3. The van der Waals surface area contributed by atoms with Crippen LogP contribution < -0.4 is 4.74 Å². The van der Waals surface area contributed by atoms with Crippen molar-refractivity contribution < 1.29 is 22.7 Å². The second kappa shape index (κ2) is 9.58. The van der Waals surface area contributed by atoms with Crippen LogP contribution in [-0.4, -0.2) is 70.0 Å². The lowest BCUT2D eigenvalue weighted by Crippen LogP contribution is -2.40. The maximum Gasteiger partial charge on any atom is 0.253 e. The Morgan fingerprint density at radius 3 is 2.62 bits per heavy atom.